The molecule has 18 heavy (non-hydrogen) atoms. The highest BCUT2D eigenvalue weighted by molar-refractivity contribution is 5.24. The predicted octanol–water partition coefficient (Wildman–Crippen LogP) is 4.24. The Labute approximate surface area is 108 Å². The van der Waals surface area contributed by atoms with Gasteiger partial charge in [-0.3, -0.25) is 0 Å². The van der Waals surface area contributed by atoms with E-state index in [2.05, 4.69) is 0 Å². The molecule has 3 heteroatoms. The molecule has 1 aromatic carbocycles. The van der Waals surface area contributed by atoms with Crippen molar-refractivity contribution >= 4 is 0 Å². The maximum absolute atomic E-state index is 13.3. The van der Waals surface area contributed by atoms with Crippen molar-refractivity contribution in [2.75, 3.05) is 0 Å². The minimum absolute atomic E-state index is 0.280. The molecule has 0 unspecified atom stereocenters. The van der Waals surface area contributed by atoms with Crippen molar-refractivity contribution in [2.45, 2.75) is 46.1 Å². The molecule has 1 N–H and O–H groups in total. The molecule has 0 aliphatic carbocycles. The highest BCUT2D eigenvalue weighted by atomic mass is 19.2. The van der Waals surface area contributed by atoms with Crippen LogP contribution >= 0.6 is 0 Å². The second-order valence-corrected chi connectivity index (χ2v) is 5.86. The lowest BCUT2D eigenvalue weighted by Gasteiger charge is -2.32. The van der Waals surface area contributed by atoms with E-state index in [9.17, 15) is 13.9 Å². The first-order valence-corrected chi connectivity index (χ1v) is 6.42. The van der Waals surface area contributed by atoms with Crippen LogP contribution in [0.3, 0.4) is 0 Å². The van der Waals surface area contributed by atoms with Crippen LogP contribution in [0.25, 0.3) is 0 Å². The van der Waals surface area contributed by atoms with Gasteiger partial charge in [-0.15, -0.1) is 0 Å². The fraction of sp³-hybridized carbons (Fsp3) is 0.600. The fourth-order valence-corrected chi connectivity index (χ4v) is 2.46. The largest absolute Gasteiger partial charge is 0.385 e. The average Bonchev–Trinajstić information content (AvgIpc) is 2.19. The van der Waals surface area contributed by atoms with E-state index in [1.54, 1.807) is 0 Å². The van der Waals surface area contributed by atoms with Gasteiger partial charge >= 0.3 is 0 Å². The molecule has 102 valence electrons. The number of aliphatic hydroxyl groups is 1. The van der Waals surface area contributed by atoms with Crippen LogP contribution in [-0.2, 0) is 5.60 Å². The third-order valence-corrected chi connectivity index (χ3v) is 2.95. The number of benzene rings is 1. The number of rotatable bonds is 5. The molecule has 0 aromatic heterocycles. The van der Waals surface area contributed by atoms with Gasteiger partial charge in [-0.05, 0) is 42.4 Å². The van der Waals surface area contributed by atoms with Gasteiger partial charge in [0.25, 0.3) is 0 Å². The molecule has 0 atom stereocenters. The van der Waals surface area contributed by atoms with Gasteiger partial charge in [-0.1, -0.05) is 33.8 Å². The van der Waals surface area contributed by atoms with Gasteiger partial charge < -0.3 is 5.11 Å². The SMILES string of the molecule is CC(C)CC(O)(CC(C)C)c1ccc(F)c(F)c1. The standard InChI is InChI=1S/C15H22F2O/c1-10(2)8-15(18,9-11(3)4)12-5-6-13(16)14(17)7-12/h5-7,10-11,18H,8-9H2,1-4H3. The Hall–Kier alpha value is -0.960. The molecule has 1 aromatic rings. The van der Waals surface area contributed by atoms with E-state index in [-0.39, 0.29) is 11.8 Å². The Morgan fingerprint density at radius 1 is 1.00 bits per heavy atom. The summed E-state index contributed by atoms with van der Waals surface area (Å²) in [7, 11) is 0. The van der Waals surface area contributed by atoms with Crippen molar-refractivity contribution < 1.29 is 13.9 Å². The Bertz CT molecular complexity index is 389. The fourth-order valence-electron chi connectivity index (χ4n) is 2.46. The second kappa shape index (κ2) is 5.79. The molecular weight excluding hydrogens is 234 g/mol. The van der Waals surface area contributed by atoms with Gasteiger partial charge in [0.15, 0.2) is 11.6 Å². The van der Waals surface area contributed by atoms with Crippen LogP contribution in [0.15, 0.2) is 18.2 Å². The smallest absolute Gasteiger partial charge is 0.159 e. The van der Waals surface area contributed by atoms with Crippen LogP contribution in [0.1, 0.15) is 46.1 Å². The van der Waals surface area contributed by atoms with Gasteiger partial charge in [-0.2, -0.15) is 0 Å². The second-order valence-electron chi connectivity index (χ2n) is 5.86. The number of hydrogen-bond acceptors (Lipinski definition) is 1. The lowest BCUT2D eigenvalue weighted by atomic mass is 9.80. The van der Waals surface area contributed by atoms with Crippen molar-refractivity contribution in [3.8, 4) is 0 Å². The molecule has 0 aliphatic rings. The summed E-state index contributed by atoms with van der Waals surface area (Å²) in [5.74, 6) is -1.22. The predicted molar refractivity (Wildman–Crippen MR) is 69.2 cm³/mol. The third-order valence-electron chi connectivity index (χ3n) is 2.95. The van der Waals surface area contributed by atoms with Crippen LogP contribution in [0.5, 0.6) is 0 Å². The van der Waals surface area contributed by atoms with Gasteiger partial charge in [-0.25, -0.2) is 8.78 Å². The Morgan fingerprint density at radius 3 is 1.89 bits per heavy atom. The molecule has 0 saturated heterocycles. The van der Waals surface area contributed by atoms with Crippen molar-refractivity contribution in [2.24, 2.45) is 11.8 Å². The van der Waals surface area contributed by atoms with E-state index >= 15 is 0 Å². The van der Waals surface area contributed by atoms with E-state index in [4.69, 9.17) is 0 Å². The van der Waals surface area contributed by atoms with Crippen LogP contribution in [0.4, 0.5) is 8.78 Å². The molecule has 0 fully saturated rings. The maximum Gasteiger partial charge on any atom is 0.159 e. The summed E-state index contributed by atoms with van der Waals surface area (Å²) < 4.78 is 26.3. The van der Waals surface area contributed by atoms with E-state index < -0.39 is 17.2 Å². The van der Waals surface area contributed by atoms with Gasteiger partial charge in [0, 0.05) is 0 Å². The zero-order valence-corrected chi connectivity index (χ0v) is 11.5. The van der Waals surface area contributed by atoms with Crippen molar-refractivity contribution in [1.29, 1.82) is 0 Å². The maximum atomic E-state index is 13.3. The van der Waals surface area contributed by atoms with Crippen LogP contribution in [-0.4, -0.2) is 5.11 Å². The Kier molecular flexibility index (Phi) is 4.85. The van der Waals surface area contributed by atoms with E-state index in [1.165, 1.54) is 6.07 Å². The molecular formula is C15H22F2O. The van der Waals surface area contributed by atoms with Crippen molar-refractivity contribution in [3.63, 3.8) is 0 Å². The van der Waals surface area contributed by atoms with E-state index in [1.807, 2.05) is 27.7 Å². The van der Waals surface area contributed by atoms with E-state index in [0.29, 0.717) is 18.4 Å². The topological polar surface area (TPSA) is 20.2 Å². The first-order valence-electron chi connectivity index (χ1n) is 6.42. The molecule has 0 bridgehead atoms. The van der Waals surface area contributed by atoms with Crippen molar-refractivity contribution in [1.82, 2.24) is 0 Å². The van der Waals surface area contributed by atoms with Crippen LogP contribution < -0.4 is 0 Å². The van der Waals surface area contributed by atoms with Gasteiger partial charge in [0.1, 0.15) is 0 Å². The molecule has 0 heterocycles. The minimum atomic E-state index is -1.09. The molecule has 1 nitrogen and oxygen atoms in total. The van der Waals surface area contributed by atoms with Crippen LogP contribution in [0.2, 0.25) is 0 Å². The highest BCUT2D eigenvalue weighted by Gasteiger charge is 2.31. The summed E-state index contributed by atoms with van der Waals surface area (Å²) in [6.45, 7) is 8.02. The first-order chi connectivity index (χ1) is 8.24. The zero-order chi connectivity index (χ0) is 13.9. The van der Waals surface area contributed by atoms with Gasteiger partial charge in [0.2, 0.25) is 0 Å². The quantitative estimate of drug-likeness (QED) is 0.835. The van der Waals surface area contributed by atoms with Crippen LogP contribution in [0, 0.1) is 23.5 Å². The summed E-state index contributed by atoms with van der Waals surface area (Å²) in [5, 5.41) is 10.7. The Morgan fingerprint density at radius 2 is 1.50 bits per heavy atom. The summed E-state index contributed by atoms with van der Waals surface area (Å²) in [6, 6.07) is 3.67. The highest BCUT2D eigenvalue weighted by Crippen LogP contribution is 2.35. The normalized spacial score (nSPS) is 12.5. The zero-order valence-electron chi connectivity index (χ0n) is 11.5. The monoisotopic (exact) mass is 256 g/mol. The number of halogens is 2. The Balaban J connectivity index is 3.11. The molecule has 0 radical (unpaired) electrons. The molecule has 0 spiro atoms. The third kappa shape index (κ3) is 3.77. The van der Waals surface area contributed by atoms with Gasteiger partial charge in [0.05, 0.1) is 5.60 Å². The number of hydrogen-bond donors (Lipinski definition) is 1. The molecule has 0 saturated carbocycles. The summed E-state index contributed by atoms with van der Waals surface area (Å²) in [5.41, 5.74) is -0.625. The summed E-state index contributed by atoms with van der Waals surface area (Å²) >= 11 is 0. The summed E-state index contributed by atoms with van der Waals surface area (Å²) in [6.07, 6.45) is 1.08. The molecule has 1 rings (SSSR count). The summed E-state index contributed by atoms with van der Waals surface area (Å²) in [4.78, 5) is 0. The molecule has 0 aliphatic heterocycles. The van der Waals surface area contributed by atoms with E-state index in [0.717, 1.165) is 12.1 Å². The lowest BCUT2D eigenvalue weighted by molar-refractivity contribution is -0.00483. The minimum Gasteiger partial charge on any atom is -0.385 e. The molecule has 0 amide bonds. The van der Waals surface area contributed by atoms with Crippen molar-refractivity contribution in [3.05, 3.63) is 35.4 Å². The average molecular weight is 256 g/mol. The lowest BCUT2D eigenvalue weighted by Crippen LogP contribution is -2.29. The first kappa shape index (κ1) is 15.1.